The van der Waals surface area contributed by atoms with Crippen molar-refractivity contribution in [2.24, 2.45) is 0 Å². The number of halogens is 3. The molecule has 0 amide bonds. The minimum atomic E-state index is -1.30. The molecule has 2 nitrogen and oxygen atoms in total. The summed E-state index contributed by atoms with van der Waals surface area (Å²) >= 11 is 0. The molecule has 0 aliphatic carbocycles. The van der Waals surface area contributed by atoms with Crippen LogP contribution in [0.4, 0.5) is 24.5 Å². The first-order valence-electron chi connectivity index (χ1n) is 3.18. The third-order valence-electron chi connectivity index (χ3n) is 1.44. The zero-order valence-electron chi connectivity index (χ0n) is 6.29. The first kappa shape index (κ1) is 8.70. The van der Waals surface area contributed by atoms with Crippen LogP contribution in [-0.4, -0.2) is 7.05 Å². The third kappa shape index (κ3) is 1.17. The molecule has 0 saturated carbocycles. The third-order valence-corrected chi connectivity index (χ3v) is 1.44. The Bertz CT molecular complexity index is 312. The molecule has 0 aromatic heterocycles. The van der Waals surface area contributed by atoms with Crippen molar-refractivity contribution in [3.63, 3.8) is 0 Å². The highest BCUT2D eigenvalue weighted by Gasteiger charge is 2.15. The van der Waals surface area contributed by atoms with Crippen LogP contribution in [0.15, 0.2) is 6.07 Å². The number of anilines is 2. The Morgan fingerprint density at radius 1 is 1.25 bits per heavy atom. The highest BCUT2D eigenvalue weighted by atomic mass is 19.2. The number of benzene rings is 1. The highest BCUT2D eigenvalue weighted by Crippen LogP contribution is 2.25. The first-order chi connectivity index (χ1) is 5.57. The Morgan fingerprint density at radius 3 is 2.33 bits per heavy atom. The monoisotopic (exact) mass is 176 g/mol. The van der Waals surface area contributed by atoms with E-state index in [9.17, 15) is 13.2 Å². The van der Waals surface area contributed by atoms with Gasteiger partial charge < -0.3 is 11.1 Å². The number of nitrogens with one attached hydrogen (secondary N) is 1. The van der Waals surface area contributed by atoms with Gasteiger partial charge in [0.25, 0.3) is 0 Å². The van der Waals surface area contributed by atoms with Gasteiger partial charge in [-0.3, -0.25) is 0 Å². The lowest BCUT2D eigenvalue weighted by Crippen LogP contribution is -2.03. The van der Waals surface area contributed by atoms with E-state index in [1.165, 1.54) is 7.05 Å². The smallest absolute Gasteiger partial charge is 0.187 e. The van der Waals surface area contributed by atoms with Gasteiger partial charge in [0.05, 0.1) is 5.69 Å². The molecule has 0 heterocycles. The fourth-order valence-electron chi connectivity index (χ4n) is 0.843. The van der Waals surface area contributed by atoms with Crippen LogP contribution in [0, 0.1) is 17.5 Å². The first-order valence-corrected chi connectivity index (χ1v) is 3.18. The number of rotatable bonds is 1. The molecule has 3 N–H and O–H groups in total. The molecule has 0 aliphatic rings. The summed E-state index contributed by atoms with van der Waals surface area (Å²) in [6.07, 6.45) is 0. The van der Waals surface area contributed by atoms with Gasteiger partial charge in [0.1, 0.15) is 5.69 Å². The number of hydrogen-bond donors (Lipinski definition) is 2. The SMILES string of the molecule is CNc1c(F)cc(N)c(F)c1F. The molecule has 12 heavy (non-hydrogen) atoms. The van der Waals surface area contributed by atoms with E-state index in [0.717, 1.165) is 6.07 Å². The zero-order chi connectivity index (χ0) is 9.30. The van der Waals surface area contributed by atoms with Crippen molar-refractivity contribution in [1.29, 1.82) is 0 Å². The fourth-order valence-corrected chi connectivity index (χ4v) is 0.843. The van der Waals surface area contributed by atoms with E-state index in [4.69, 9.17) is 5.73 Å². The van der Waals surface area contributed by atoms with Gasteiger partial charge in [0.15, 0.2) is 17.5 Å². The molecule has 0 fully saturated rings. The molecule has 1 rings (SSSR count). The lowest BCUT2D eigenvalue weighted by molar-refractivity contribution is 0.503. The summed E-state index contributed by atoms with van der Waals surface area (Å²) in [5.41, 5.74) is 3.91. The van der Waals surface area contributed by atoms with Crippen LogP contribution in [0.5, 0.6) is 0 Å². The van der Waals surface area contributed by atoms with Gasteiger partial charge in [0, 0.05) is 13.1 Å². The maximum Gasteiger partial charge on any atom is 0.187 e. The van der Waals surface area contributed by atoms with Gasteiger partial charge in [-0.25, -0.2) is 13.2 Å². The van der Waals surface area contributed by atoms with Crippen molar-refractivity contribution in [2.45, 2.75) is 0 Å². The Balaban J connectivity index is 3.40. The van der Waals surface area contributed by atoms with E-state index >= 15 is 0 Å². The van der Waals surface area contributed by atoms with Crippen molar-refractivity contribution >= 4 is 11.4 Å². The van der Waals surface area contributed by atoms with E-state index in [0.29, 0.717) is 0 Å². The molecule has 0 unspecified atom stereocenters. The summed E-state index contributed by atoms with van der Waals surface area (Å²) in [6.45, 7) is 0. The van der Waals surface area contributed by atoms with Crippen molar-refractivity contribution in [1.82, 2.24) is 0 Å². The molecule has 5 heteroatoms. The molecule has 0 radical (unpaired) electrons. The molecule has 1 aromatic carbocycles. The second kappa shape index (κ2) is 2.92. The molecule has 66 valence electrons. The molecular weight excluding hydrogens is 169 g/mol. The number of hydrogen-bond acceptors (Lipinski definition) is 2. The van der Waals surface area contributed by atoms with Crippen LogP contribution in [0.25, 0.3) is 0 Å². The Morgan fingerprint density at radius 2 is 1.83 bits per heavy atom. The molecule has 0 spiro atoms. The van der Waals surface area contributed by atoms with Crippen molar-refractivity contribution < 1.29 is 13.2 Å². The maximum absolute atomic E-state index is 12.8. The molecular formula is C7H7F3N2. The second-order valence-corrected chi connectivity index (χ2v) is 2.20. The van der Waals surface area contributed by atoms with Gasteiger partial charge in [-0.15, -0.1) is 0 Å². The topological polar surface area (TPSA) is 38.0 Å². The van der Waals surface area contributed by atoms with Crippen LogP contribution in [0.1, 0.15) is 0 Å². The number of nitrogen functional groups attached to an aromatic ring is 1. The Kier molecular flexibility index (Phi) is 2.12. The minimum Gasteiger partial charge on any atom is -0.396 e. The molecule has 0 atom stereocenters. The van der Waals surface area contributed by atoms with Crippen molar-refractivity contribution in [3.05, 3.63) is 23.5 Å². The lowest BCUT2D eigenvalue weighted by Gasteiger charge is -2.05. The highest BCUT2D eigenvalue weighted by molar-refractivity contribution is 5.54. The van der Waals surface area contributed by atoms with Crippen LogP contribution in [-0.2, 0) is 0 Å². The minimum absolute atomic E-state index is 0.512. The predicted octanol–water partition coefficient (Wildman–Crippen LogP) is 1.73. The standard InChI is InChI=1S/C7H7F3N2/c1-12-7-3(8)2-4(11)5(9)6(7)10/h2,12H,11H2,1H3. The van der Waals surface area contributed by atoms with E-state index in [-0.39, 0.29) is 0 Å². The van der Waals surface area contributed by atoms with Crippen LogP contribution in [0.2, 0.25) is 0 Å². The Labute approximate surface area is 67.2 Å². The van der Waals surface area contributed by atoms with Gasteiger partial charge >= 0.3 is 0 Å². The van der Waals surface area contributed by atoms with E-state index in [1.54, 1.807) is 0 Å². The zero-order valence-corrected chi connectivity index (χ0v) is 6.29. The largest absolute Gasteiger partial charge is 0.396 e. The van der Waals surface area contributed by atoms with E-state index in [1.807, 2.05) is 0 Å². The average Bonchev–Trinajstić information content (AvgIpc) is 2.01. The quantitative estimate of drug-likeness (QED) is 0.505. The summed E-state index contributed by atoms with van der Waals surface area (Å²) in [7, 11) is 1.29. The fraction of sp³-hybridized carbons (Fsp3) is 0.143. The van der Waals surface area contributed by atoms with Gasteiger partial charge in [0.2, 0.25) is 0 Å². The molecule has 0 saturated heterocycles. The van der Waals surface area contributed by atoms with Gasteiger partial charge in [-0.2, -0.15) is 0 Å². The predicted molar refractivity (Wildman–Crippen MR) is 40.3 cm³/mol. The molecule has 0 aliphatic heterocycles. The second-order valence-electron chi connectivity index (χ2n) is 2.20. The lowest BCUT2D eigenvalue weighted by atomic mass is 10.2. The molecule has 0 bridgehead atoms. The van der Waals surface area contributed by atoms with Crippen molar-refractivity contribution in [2.75, 3.05) is 18.1 Å². The average molecular weight is 176 g/mol. The Hall–Kier alpha value is -1.39. The van der Waals surface area contributed by atoms with Crippen LogP contribution >= 0.6 is 0 Å². The van der Waals surface area contributed by atoms with Crippen LogP contribution < -0.4 is 11.1 Å². The van der Waals surface area contributed by atoms with Crippen molar-refractivity contribution in [3.8, 4) is 0 Å². The summed E-state index contributed by atoms with van der Waals surface area (Å²) in [5, 5.41) is 2.19. The maximum atomic E-state index is 12.8. The van der Waals surface area contributed by atoms with E-state index in [2.05, 4.69) is 5.32 Å². The normalized spacial score (nSPS) is 10.0. The van der Waals surface area contributed by atoms with Gasteiger partial charge in [-0.05, 0) is 0 Å². The van der Waals surface area contributed by atoms with Gasteiger partial charge in [-0.1, -0.05) is 0 Å². The molecule has 1 aromatic rings. The summed E-state index contributed by atoms with van der Waals surface area (Å²) in [4.78, 5) is 0. The van der Waals surface area contributed by atoms with E-state index < -0.39 is 28.8 Å². The summed E-state index contributed by atoms with van der Waals surface area (Å²) in [6, 6.07) is 0.726. The number of nitrogens with two attached hydrogens (primary N) is 1. The van der Waals surface area contributed by atoms with Crippen LogP contribution in [0.3, 0.4) is 0 Å². The summed E-state index contributed by atoms with van der Waals surface area (Å²) in [5.74, 6) is -3.44. The summed E-state index contributed by atoms with van der Waals surface area (Å²) < 4.78 is 38.2.